The van der Waals surface area contributed by atoms with Crippen molar-refractivity contribution in [2.75, 3.05) is 7.11 Å². The van der Waals surface area contributed by atoms with Gasteiger partial charge < -0.3 is 4.74 Å². The third kappa shape index (κ3) is 25.2. The molecule has 0 radical (unpaired) electrons. The highest BCUT2D eigenvalue weighted by Gasteiger charge is 1.96. The molecule has 0 aromatic carbocycles. The van der Waals surface area contributed by atoms with Crippen LogP contribution in [0.15, 0.2) is 12.2 Å². The molecule has 29 heavy (non-hydrogen) atoms. The molecule has 0 unspecified atom stereocenters. The van der Waals surface area contributed by atoms with E-state index < -0.39 is 0 Å². The number of hydrogen-bond donors (Lipinski definition) is 0. The molecule has 0 aliphatic rings. The van der Waals surface area contributed by atoms with Crippen molar-refractivity contribution < 1.29 is 9.53 Å². The summed E-state index contributed by atoms with van der Waals surface area (Å²) in [4.78, 5) is 10.9. The van der Waals surface area contributed by atoms with E-state index in [1.807, 2.05) is 6.08 Å². The van der Waals surface area contributed by atoms with Gasteiger partial charge in [0.25, 0.3) is 0 Å². The lowest BCUT2D eigenvalue weighted by atomic mass is 10.0. The Labute approximate surface area is 183 Å². The Hall–Kier alpha value is -0.790. The fourth-order valence-electron chi connectivity index (χ4n) is 3.94. The van der Waals surface area contributed by atoms with Crippen molar-refractivity contribution in [3.63, 3.8) is 0 Å². The van der Waals surface area contributed by atoms with Gasteiger partial charge in [0.1, 0.15) is 0 Å². The minimum atomic E-state index is -0.242. The maximum absolute atomic E-state index is 10.9. The van der Waals surface area contributed by atoms with Gasteiger partial charge in [-0.25, -0.2) is 4.79 Å². The topological polar surface area (TPSA) is 26.3 Å². The highest BCUT2D eigenvalue weighted by Crippen LogP contribution is 2.15. The summed E-state index contributed by atoms with van der Waals surface area (Å²) in [5.74, 6) is -0.242. The van der Waals surface area contributed by atoms with Gasteiger partial charge in [0.2, 0.25) is 0 Å². The average molecular weight is 409 g/mol. The van der Waals surface area contributed by atoms with Gasteiger partial charge >= 0.3 is 5.97 Å². The van der Waals surface area contributed by atoms with Gasteiger partial charge in [-0.05, 0) is 12.8 Å². The molecule has 0 rings (SSSR count). The molecule has 2 nitrogen and oxygen atoms in total. The second kappa shape index (κ2) is 25.2. The van der Waals surface area contributed by atoms with Gasteiger partial charge in [-0.2, -0.15) is 0 Å². The van der Waals surface area contributed by atoms with Crippen LogP contribution in [0, 0.1) is 0 Å². The van der Waals surface area contributed by atoms with Crippen LogP contribution in [0.25, 0.3) is 0 Å². The van der Waals surface area contributed by atoms with Crippen molar-refractivity contribution in [3.8, 4) is 0 Å². The monoisotopic (exact) mass is 408 g/mol. The fraction of sp³-hybridized carbons (Fsp3) is 0.889. The molecule has 0 spiro atoms. The first-order valence-corrected chi connectivity index (χ1v) is 13.1. The Kier molecular flexibility index (Phi) is 24.6. The number of carbonyl (C=O) groups excluding carboxylic acids is 1. The molecule has 0 aromatic rings. The van der Waals surface area contributed by atoms with Gasteiger partial charge in [0.15, 0.2) is 0 Å². The van der Waals surface area contributed by atoms with Crippen molar-refractivity contribution in [3.05, 3.63) is 12.2 Å². The van der Waals surface area contributed by atoms with Gasteiger partial charge in [-0.1, -0.05) is 141 Å². The smallest absolute Gasteiger partial charge is 0.330 e. The third-order valence-corrected chi connectivity index (χ3v) is 5.93. The lowest BCUT2D eigenvalue weighted by Gasteiger charge is -2.04. The molecule has 0 saturated heterocycles. The van der Waals surface area contributed by atoms with Crippen LogP contribution in [0.4, 0.5) is 0 Å². The second-order valence-corrected chi connectivity index (χ2v) is 8.79. The Morgan fingerprint density at radius 3 is 1.17 bits per heavy atom. The van der Waals surface area contributed by atoms with Crippen LogP contribution in [-0.4, -0.2) is 13.1 Å². The summed E-state index contributed by atoms with van der Waals surface area (Å²) < 4.78 is 4.57. The van der Waals surface area contributed by atoms with E-state index in [2.05, 4.69) is 11.7 Å². The summed E-state index contributed by atoms with van der Waals surface area (Å²) >= 11 is 0. The van der Waals surface area contributed by atoms with Crippen molar-refractivity contribution in [1.29, 1.82) is 0 Å². The van der Waals surface area contributed by atoms with Crippen LogP contribution in [0.2, 0.25) is 0 Å². The van der Waals surface area contributed by atoms with E-state index >= 15 is 0 Å². The molecular weight excluding hydrogens is 356 g/mol. The number of unbranched alkanes of at least 4 members (excludes halogenated alkanes) is 21. The highest BCUT2D eigenvalue weighted by atomic mass is 16.5. The Bertz CT molecular complexity index is 348. The Morgan fingerprint density at radius 2 is 0.862 bits per heavy atom. The predicted molar refractivity (Wildman–Crippen MR) is 128 cm³/mol. The van der Waals surface area contributed by atoms with Gasteiger partial charge in [0.05, 0.1) is 7.11 Å². The lowest BCUT2D eigenvalue weighted by molar-refractivity contribution is -0.134. The standard InChI is InChI=1S/C27H52O2/c1-3-4-5-6-7-8-9-10-11-12-13-14-15-16-17-18-19-20-21-22-23-24-25-26-27(28)29-2/h25-26H,3-24H2,1-2H3. The molecule has 0 amide bonds. The Morgan fingerprint density at radius 1 is 0.552 bits per heavy atom. The number of hydrogen-bond acceptors (Lipinski definition) is 2. The lowest BCUT2D eigenvalue weighted by Crippen LogP contribution is -1.93. The maximum atomic E-state index is 10.9. The Balaban J connectivity index is 3.05. The molecule has 0 atom stereocenters. The molecule has 0 bridgehead atoms. The van der Waals surface area contributed by atoms with Crippen molar-refractivity contribution in [1.82, 2.24) is 0 Å². The molecular formula is C27H52O2. The SMILES string of the molecule is CCCCCCCCCCCCCCCCCCCCCCCC=CC(=O)OC. The number of methoxy groups -OCH3 is 1. The van der Waals surface area contributed by atoms with E-state index in [1.54, 1.807) is 0 Å². The fourth-order valence-corrected chi connectivity index (χ4v) is 3.94. The van der Waals surface area contributed by atoms with E-state index in [1.165, 1.54) is 148 Å². The van der Waals surface area contributed by atoms with Gasteiger partial charge in [-0.15, -0.1) is 0 Å². The van der Waals surface area contributed by atoms with Crippen molar-refractivity contribution in [2.45, 2.75) is 148 Å². The number of esters is 1. The number of allylic oxidation sites excluding steroid dienone is 1. The largest absolute Gasteiger partial charge is 0.466 e. The van der Waals surface area contributed by atoms with Crippen LogP contribution in [0.5, 0.6) is 0 Å². The molecule has 0 heterocycles. The zero-order valence-electron chi connectivity index (χ0n) is 20.0. The molecule has 0 N–H and O–H groups in total. The van der Waals surface area contributed by atoms with Crippen LogP contribution >= 0.6 is 0 Å². The summed E-state index contributed by atoms with van der Waals surface area (Å²) in [6.45, 7) is 2.29. The molecule has 0 aliphatic carbocycles. The van der Waals surface area contributed by atoms with Gasteiger partial charge in [0, 0.05) is 6.08 Å². The molecule has 0 fully saturated rings. The van der Waals surface area contributed by atoms with Crippen LogP contribution in [0.3, 0.4) is 0 Å². The molecule has 2 heteroatoms. The van der Waals surface area contributed by atoms with E-state index in [4.69, 9.17) is 0 Å². The summed E-state index contributed by atoms with van der Waals surface area (Å²) in [5.41, 5.74) is 0. The van der Waals surface area contributed by atoms with E-state index in [0.717, 1.165) is 6.42 Å². The third-order valence-electron chi connectivity index (χ3n) is 5.93. The first-order chi connectivity index (χ1) is 14.3. The van der Waals surface area contributed by atoms with Crippen molar-refractivity contribution in [2.24, 2.45) is 0 Å². The molecule has 0 aliphatic heterocycles. The minimum absolute atomic E-state index is 0.242. The summed E-state index contributed by atoms with van der Waals surface area (Å²) in [7, 11) is 1.42. The van der Waals surface area contributed by atoms with Crippen LogP contribution in [-0.2, 0) is 9.53 Å². The van der Waals surface area contributed by atoms with E-state index in [9.17, 15) is 4.79 Å². The average Bonchev–Trinajstić information content (AvgIpc) is 2.74. The normalized spacial score (nSPS) is 11.4. The first kappa shape index (κ1) is 28.2. The predicted octanol–water partition coefficient (Wildman–Crippen LogP) is 9.32. The number of rotatable bonds is 23. The molecule has 0 saturated carbocycles. The first-order valence-electron chi connectivity index (χ1n) is 13.1. The second-order valence-electron chi connectivity index (χ2n) is 8.79. The van der Waals surface area contributed by atoms with Crippen LogP contribution < -0.4 is 0 Å². The molecule has 0 aromatic heterocycles. The number of ether oxygens (including phenoxy) is 1. The summed E-state index contributed by atoms with van der Waals surface area (Å²) in [5, 5.41) is 0. The summed E-state index contributed by atoms with van der Waals surface area (Å²) in [6, 6.07) is 0. The minimum Gasteiger partial charge on any atom is -0.466 e. The quantitative estimate of drug-likeness (QED) is 0.0956. The van der Waals surface area contributed by atoms with E-state index in [0.29, 0.717) is 0 Å². The molecule has 172 valence electrons. The summed E-state index contributed by atoms with van der Waals surface area (Å²) in [6.07, 6.45) is 34.2. The van der Waals surface area contributed by atoms with E-state index in [-0.39, 0.29) is 5.97 Å². The zero-order chi connectivity index (χ0) is 21.3. The van der Waals surface area contributed by atoms with Crippen LogP contribution in [0.1, 0.15) is 148 Å². The maximum Gasteiger partial charge on any atom is 0.330 e. The van der Waals surface area contributed by atoms with Gasteiger partial charge in [-0.3, -0.25) is 0 Å². The van der Waals surface area contributed by atoms with Crippen molar-refractivity contribution >= 4 is 5.97 Å². The number of carbonyl (C=O) groups is 1. The highest BCUT2D eigenvalue weighted by molar-refractivity contribution is 5.81. The zero-order valence-corrected chi connectivity index (χ0v) is 20.0.